The Morgan fingerprint density at radius 3 is 2.52 bits per heavy atom. The molecule has 0 aliphatic carbocycles. The molecule has 0 unspecified atom stereocenters. The van der Waals surface area contributed by atoms with Crippen LogP contribution in [-0.2, 0) is 0 Å². The summed E-state index contributed by atoms with van der Waals surface area (Å²) in [6.45, 7) is 0. The fourth-order valence-electron chi connectivity index (χ4n) is 3.16. The van der Waals surface area contributed by atoms with Crippen LogP contribution in [0.25, 0.3) is 22.0 Å². The zero-order chi connectivity index (χ0) is 16.6. The van der Waals surface area contributed by atoms with Crippen molar-refractivity contribution in [3.8, 4) is 11.3 Å². The first-order chi connectivity index (χ1) is 12.4. The number of para-hydroxylation sites is 1. The third-order valence-electron chi connectivity index (χ3n) is 4.33. The van der Waals surface area contributed by atoms with Crippen LogP contribution < -0.4 is 0 Å². The molecule has 0 saturated heterocycles. The molecule has 0 amide bonds. The van der Waals surface area contributed by atoms with Crippen molar-refractivity contribution in [2.24, 2.45) is 10.1 Å². The van der Waals surface area contributed by atoms with Crippen LogP contribution in [0.4, 0.5) is 5.69 Å². The minimum Gasteiger partial charge on any atom is -0.243 e. The number of fused-ring (bicyclic) bond motifs is 2. The average Bonchev–Trinajstić information content (AvgIpc) is 3.25. The van der Waals surface area contributed by atoms with Crippen LogP contribution in [0.5, 0.6) is 0 Å². The second-order valence-electron chi connectivity index (χ2n) is 5.88. The van der Waals surface area contributed by atoms with Crippen molar-refractivity contribution < 1.29 is 0 Å². The lowest BCUT2D eigenvalue weighted by atomic mass is 10.0. The first-order valence-corrected chi connectivity index (χ1v) is 8.14. The summed E-state index contributed by atoms with van der Waals surface area (Å²) in [6, 6.07) is 24.5. The first-order valence-electron chi connectivity index (χ1n) is 8.14. The van der Waals surface area contributed by atoms with Crippen LogP contribution >= 0.6 is 0 Å². The summed E-state index contributed by atoms with van der Waals surface area (Å²) in [7, 11) is 0. The highest BCUT2D eigenvalue weighted by Crippen LogP contribution is 2.30. The van der Waals surface area contributed by atoms with Crippen LogP contribution in [0.1, 0.15) is 5.82 Å². The number of aliphatic imine (C=N–C) groups is 1. The van der Waals surface area contributed by atoms with E-state index in [0.29, 0.717) is 0 Å². The maximum atomic E-state index is 4.65. The number of imidazole rings is 1. The molecule has 2 heterocycles. The van der Waals surface area contributed by atoms with Crippen LogP contribution in [-0.4, -0.2) is 21.6 Å². The molecule has 0 bridgehead atoms. The molecule has 0 saturated carbocycles. The van der Waals surface area contributed by atoms with E-state index in [1.165, 1.54) is 10.8 Å². The topological polar surface area (TPSA) is 42.5 Å². The number of aromatic nitrogens is 2. The smallest absolute Gasteiger partial charge is 0.181 e. The van der Waals surface area contributed by atoms with Gasteiger partial charge in [-0.05, 0) is 22.9 Å². The molecule has 0 atom stereocenters. The minimum atomic E-state index is 0.770. The summed E-state index contributed by atoms with van der Waals surface area (Å²) in [6.07, 6.45) is 3.64. The molecule has 3 aromatic carbocycles. The monoisotopic (exact) mass is 322 g/mol. The van der Waals surface area contributed by atoms with Crippen molar-refractivity contribution in [3.05, 3.63) is 84.8 Å². The fourth-order valence-corrected chi connectivity index (χ4v) is 3.16. The average molecular weight is 322 g/mol. The second kappa shape index (κ2) is 5.53. The number of hydrogen-bond donors (Lipinski definition) is 0. The van der Waals surface area contributed by atoms with Crippen LogP contribution in [0.3, 0.4) is 0 Å². The van der Waals surface area contributed by atoms with Crippen molar-refractivity contribution in [2.45, 2.75) is 0 Å². The van der Waals surface area contributed by atoms with Gasteiger partial charge in [-0.1, -0.05) is 60.7 Å². The van der Waals surface area contributed by atoms with Gasteiger partial charge < -0.3 is 0 Å². The molecule has 4 nitrogen and oxygen atoms in total. The number of rotatable bonds is 2. The van der Waals surface area contributed by atoms with Crippen LogP contribution in [0.2, 0.25) is 0 Å². The molecule has 0 radical (unpaired) electrons. The molecule has 0 N–H and O–H groups in total. The van der Waals surface area contributed by atoms with E-state index in [2.05, 4.69) is 57.5 Å². The van der Waals surface area contributed by atoms with Gasteiger partial charge in [0.05, 0.1) is 23.8 Å². The molecule has 0 spiro atoms. The van der Waals surface area contributed by atoms with Gasteiger partial charge in [-0.15, -0.1) is 0 Å². The molecule has 5 rings (SSSR count). The maximum Gasteiger partial charge on any atom is 0.181 e. The van der Waals surface area contributed by atoms with E-state index in [1.54, 1.807) is 6.21 Å². The molecule has 1 aromatic heterocycles. The van der Waals surface area contributed by atoms with Gasteiger partial charge in [0.25, 0.3) is 0 Å². The molecular formula is C21H14N4. The van der Waals surface area contributed by atoms with Gasteiger partial charge in [-0.25, -0.2) is 14.7 Å². The van der Waals surface area contributed by atoms with Gasteiger partial charge in [0.2, 0.25) is 0 Å². The summed E-state index contributed by atoms with van der Waals surface area (Å²) < 4.78 is 1.86. The van der Waals surface area contributed by atoms with E-state index >= 15 is 0 Å². The minimum absolute atomic E-state index is 0.770. The lowest BCUT2D eigenvalue weighted by molar-refractivity contribution is 0.896. The van der Waals surface area contributed by atoms with E-state index in [-0.39, 0.29) is 0 Å². The zero-order valence-electron chi connectivity index (χ0n) is 13.4. The Kier molecular flexibility index (Phi) is 3.07. The summed E-state index contributed by atoms with van der Waals surface area (Å²) in [5.74, 6) is 0.770. The molecule has 25 heavy (non-hydrogen) atoms. The third kappa shape index (κ3) is 2.27. The van der Waals surface area contributed by atoms with Crippen molar-refractivity contribution in [2.75, 3.05) is 0 Å². The largest absolute Gasteiger partial charge is 0.243 e. The van der Waals surface area contributed by atoms with Crippen LogP contribution in [0, 0.1) is 0 Å². The molecule has 0 fully saturated rings. The number of nitrogens with zero attached hydrogens (tertiary/aromatic N) is 4. The summed E-state index contributed by atoms with van der Waals surface area (Å²) in [5, 5.41) is 6.91. The quantitative estimate of drug-likeness (QED) is 0.529. The Morgan fingerprint density at radius 2 is 1.60 bits per heavy atom. The van der Waals surface area contributed by atoms with Crippen molar-refractivity contribution in [1.82, 2.24) is 9.66 Å². The molecule has 4 aromatic rings. The highest BCUT2D eigenvalue weighted by atomic mass is 15.4. The fraction of sp³-hybridized carbons (Fsp3) is 0. The Balaban J connectivity index is 1.65. The predicted octanol–water partition coefficient (Wildman–Crippen LogP) is 4.67. The predicted molar refractivity (Wildman–Crippen MR) is 102 cm³/mol. The number of benzene rings is 3. The first kappa shape index (κ1) is 13.9. The third-order valence-corrected chi connectivity index (χ3v) is 4.33. The Bertz CT molecular complexity index is 1130. The highest BCUT2D eigenvalue weighted by Gasteiger charge is 2.20. The highest BCUT2D eigenvalue weighted by molar-refractivity contribution is 6.39. The van der Waals surface area contributed by atoms with Crippen molar-refractivity contribution >= 4 is 28.4 Å². The van der Waals surface area contributed by atoms with E-state index in [9.17, 15) is 0 Å². The normalized spacial score (nSPS) is 14.3. The maximum absolute atomic E-state index is 4.65. The van der Waals surface area contributed by atoms with Gasteiger partial charge in [-0.3, -0.25) is 0 Å². The van der Waals surface area contributed by atoms with Gasteiger partial charge in [0, 0.05) is 5.56 Å². The summed E-state index contributed by atoms with van der Waals surface area (Å²) in [5.41, 5.74) is 3.76. The standard InChI is InChI=1S/C21H14N4/c1-2-9-16(10-3-1)24-19-13-23-25-20(14-22-21(19)25)18-12-6-8-15-7-4-5-11-17(15)18/h1-14H/b24-19-. The number of hydrogen-bond acceptors (Lipinski definition) is 3. The van der Waals surface area contributed by atoms with Crippen LogP contribution in [0.15, 0.2) is 89.1 Å². The van der Waals surface area contributed by atoms with Gasteiger partial charge in [0.15, 0.2) is 5.82 Å². The molecule has 1 aliphatic heterocycles. The van der Waals surface area contributed by atoms with Crippen molar-refractivity contribution in [1.29, 1.82) is 0 Å². The summed E-state index contributed by atoms with van der Waals surface area (Å²) in [4.78, 5) is 9.22. The molecular weight excluding hydrogens is 308 g/mol. The van der Waals surface area contributed by atoms with Gasteiger partial charge in [-0.2, -0.15) is 5.10 Å². The van der Waals surface area contributed by atoms with E-state index in [4.69, 9.17) is 0 Å². The molecule has 118 valence electrons. The second-order valence-corrected chi connectivity index (χ2v) is 5.88. The molecule has 4 heteroatoms. The van der Waals surface area contributed by atoms with E-state index < -0.39 is 0 Å². The summed E-state index contributed by atoms with van der Waals surface area (Å²) >= 11 is 0. The van der Waals surface area contributed by atoms with E-state index in [0.717, 1.165) is 28.5 Å². The molecule has 1 aliphatic rings. The van der Waals surface area contributed by atoms with Crippen molar-refractivity contribution in [3.63, 3.8) is 0 Å². The Hall–Kier alpha value is -3.53. The SMILES string of the molecule is C1=Nn2c(-c3cccc4ccccc34)cnc2/C1=N\c1ccccc1. The Labute approximate surface area is 144 Å². The Morgan fingerprint density at radius 1 is 0.800 bits per heavy atom. The van der Waals surface area contributed by atoms with Gasteiger partial charge >= 0.3 is 0 Å². The van der Waals surface area contributed by atoms with Gasteiger partial charge in [0.1, 0.15) is 5.71 Å². The lowest BCUT2D eigenvalue weighted by Gasteiger charge is -2.06. The van der Waals surface area contributed by atoms with E-state index in [1.807, 2.05) is 41.2 Å². The lowest BCUT2D eigenvalue weighted by Crippen LogP contribution is -2.01. The zero-order valence-corrected chi connectivity index (χ0v) is 13.4.